The van der Waals surface area contributed by atoms with Crippen LogP contribution in [0, 0.1) is 5.41 Å². The number of nitrogens with zero attached hydrogens (tertiary/aromatic N) is 1. The lowest BCUT2D eigenvalue weighted by atomic mass is 9.72. The molecule has 0 aromatic heterocycles. The molecule has 0 aromatic rings. The van der Waals surface area contributed by atoms with Crippen LogP contribution in [-0.2, 0) is 9.59 Å². The van der Waals surface area contributed by atoms with Crippen molar-refractivity contribution in [3.63, 3.8) is 0 Å². The molecule has 1 saturated carbocycles. The summed E-state index contributed by atoms with van der Waals surface area (Å²) in [5, 5.41) is 14.6. The predicted molar refractivity (Wildman–Crippen MR) is 70.4 cm³/mol. The smallest absolute Gasteiger partial charge is 0.233 e. The number of rotatable bonds is 6. The van der Waals surface area contributed by atoms with E-state index in [4.69, 9.17) is 16.7 Å². The number of nitrogens with one attached hydrogen (secondary N) is 1. The second-order valence-electron chi connectivity index (χ2n) is 4.95. The third-order valence-corrected chi connectivity index (χ3v) is 3.63. The summed E-state index contributed by atoms with van der Waals surface area (Å²) in [6.45, 7) is 0.363. The van der Waals surface area contributed by atoms with E-state index < -0.39 is 11.3 Å². The second kappa shape index (κ2) is 6.96. The summed E-state index contributed by atoms with van der Waals surface area (Å²) < 4.78 is 0. The molecule has 0 aliphatic heterocycles. The molecule has 7 heteroatoms. The van der Waals surface area contributed by atoms with Crippen LogP contribution in [0.2, 0.25) is 0 Å². The van der Waals surface area contributed by atoms with E-state index in [-0.39, 0.29) is 18.2 Å². The molecule has 0 unspecified atom stereocenters. The quantitative estimate of drug-likeness (QED) is 0.179. The van der Waals surface area contributed by atoms with Gasteiger partial charge in [-0.25, -0.2) is 0 Å². The van der Waals surface area contributed by atoms with Gasteiger partial charge in [-0.3, -0.25) is 9.59 Å². The fraction of sp³-hybridized carbons (Fsp3) is 0.750. The monoisotopic (exact) mass is 270 g/mol. The largest absolute Gasteiger partial charge is 0.409 e. The SMILES string of the molecule is NC(=O)CCCNC(=O)C1(C(N)=NO)CCCCC1. The minimum atomic E-state index is -0.903. The summed E-state index contributed by atoms with van der Waals surface area (Å²) >= 11 is 0. The molecule has 0 spiro atoms. The highest BCUT2D eigenvalue weighted by Crippen LogP contribution is 2.36. The molecular formula is C12H22N4O3. The fourth-order valence-corrected chi connectivity index (χ4v) is 2.48. The molecule has 108 valence electrons. The third-order valence-electron chi connectivity index (χ3n) is 3.63. The van der Waals surface area contributed by atoms with Crippen molar-refractivity contribution in [2.75, 3.05) is 6.54 Å². The average Bonchev–Trinajstić information content (AvgIpc) is 2.42. The van der Waals surface area contributed by atoms with Gasteiger partial charge < -0.3 is 22.0 Å². The number of nitrogens with two attached hydrogens (primary N) is 2. The Labute approximate surface area is 112 Å². The first-order valence-electron chi connectivity index (χ1n) is 6.57. The molecule has 1 aliphatic rings. The Bertz CT molecular complexity index is 362. The topological polar surface area (TPSA) is 131 Å². The van der Waals surface area contributed by atoms with E-state index in [1.807, 2.05) is 0 Å². The highest BCUT2D eigenvalue weighted by molar-refractivity contribution is 6.06. The van der Waals surface area contributed by atoms with Crippen LogP contribution in [0.15, 0.2) is 5.16 Å². The molecular weight excluding hydrogens is 248 g/mol. The summed E-state index contributed by atoms with van der Waals surface area (Å²) in [7, 11) is 0. The summed E-state index contributed by atoms with van der Waals surface area (Å²) in [6.07, 6.45) is 4.71. The Morgan fingerprint density at radius 2 is 1.84 bits per heavy atom. The number of carbonyl (C=O) groups is 2. The van der Waals surface area contributed by atoms with E-state index >= 15 is 0 Å². The Morgan fingerprint density at radius 1 is 1.21 bits per heavy atom. The lowest BCUT2D eigenvalue weighted by Gasteiger charge is -2.34. The normalized spacial score (nSPS) is 18.8. The molecule has 0 saturated heterocycles. The van der Waals surface area contributed by atoms with Gasteiger partial charge in [-0.05, 0) is 19.3 Å². The van der Waals surface area contributed by atoms with Gasteiger partial charge in [0.1, 0.15) is 5.41 Å². The van der Waals surface area contributed by atoms with Crippen molar-refractivity contribution < 1.29 is 14.8 Å². The molecule has 7 nitrogen and oxygen atoms in total. The summed E-state index contributed by atoms with van der Waals surface area (Å²) in [5.74, 6) is -0.648. The molecule has 2 amide bonds. The Balaban J connectivity index is 2.60. The number of carbonyl (C=O) groups excluding carboxylic acids is 2. The van der Waals surface area contributed by atoms with E-state index in [0.717, 1.165) is 19.3 Å². The second-order valence-corrected chi connectivity index (χ2v) is 4.95. The number of hydrogen-bond acceptors (Lipinski definition) is 4. The molecule has 19 heavy (non-hydrogen) atoms. The van der Waals surface area contributed by atoms with Gasteiger partial charge in [0.25, 0.3) is 0 Å². The number of amides is 2. The van der Waals surface area contributed by atoms with Crippen molar-refractivity contribution in [3.8, 4) is 0 Å². The summed E-state index contributed by atoms with van der Waals surface area (Å²) in [4.78, 5) is 22.9. The fourth-order valence-electron chi connectivity index (χ4n) is 2.48. The lowest BCUT2D eigenvalue weighted by Crippen LogP contribution is -2.51. The first-order chi connectivity index (χ1) is 9.03. The van der Waals surface area contributed by atoms with Crippen LogP contribution in [0.3, 0.4) is 0 Å². The number of hydrogen-bond donors (Lipinski definition) is 4. The maximum absolute atomic E-state index is 12.3. The van der Waals surface area contributed by atoms with E-state index in [1.165, 1.54) is 0 Å². The molecule has 0 radical (unpaired) electrons. The molecule has 0 aromatic carbocycles. The summed E-state index contributed by atoms with van der Waals surface area (Å²) in [6, 6.07) is 0. The molecule has 0 atom stereocenters. The van der Waals surface area contributed by atoms with Crippen molar-refractivity contribution >= 4 is 17.6 Å². The Morgan fingerprint density at radius 3 is 2.37 bits per heavy atom. The molecule has 0 heterocycles. The van der Waals surface area contributed by atoms with Crippen molar-refractivity contribution in [3.05, 3.63) is 0 Å². The molecule has 1 rings (SSSR count). The standard InChI is InChI=1S/C12H22N4O3/c13-9(17)5-4-8-15-11(18)12(10(14)16-19)6-2-1-3-7-12/h19H,1-8H2,(H2,13,17)(H2,14,16)(H,15,18). The van der Waals surface area contributed by atoms with Crippen LogP contribution in [0.4, 0.5) is 0 Å². The van der Waals surface area contributed by atoms with Crippen LogP contribution in [-0.4, -0.2) is 29.4 Å². The average molecular weight is 270 g/mol. The third kappa shape index (κ3) is 3.84. The maximum Gasteiger partial charge on any atom is 0.233 e. The Hall–Kier alpha value is -1.79. The van der Waals surface area contributed by atoms with Gasteiger partial charge in [0.15, 0.2) is 5.84 Å². The van der Waals surface area contributed by atoms with Crippen LogP contribution >= 0.6 is 0 Å². The van der Waals surface area contributed by atoms with Crippen LogP contribution in [0.1, 0.15) is 44.9 Å². The molecule has 6 N–H and O–H groups in total. The molecule has 1 aliphatic carbocycles. The minimum Gasteiger partial charge on any atom is -0.409 e. The van der Waals surface area contributed by atoms with Crippen molar-refractivity contribution in [1.29, 1.82) is 0 Å². The Kier molecular flexibility index (Phi) is 5.59. The lowest BCUT2D eigenvalue weighted by molar-refractivity contribution is -0.129. The van der Waals surface area contributed by atoms with E-state index in [0.29, 0.717) is 25.8 Å². The van der Waals surface area contributed by atoms with E-state index in [2.05, 4.69) is 10.5 Å². The van der Waals surface area contributed by atoms with Crippen molar-refractivity contribution in [1.82, 2.24) is 5.32 Å². The van der Waals surface area contributed by atoms with Gasteiger partial charge in [0, 0.05) is 13.0 Å². The van der Waals surface area contributed by atoms with Crippen molar-refractivity contribution in [2.24, 2.45) is 22.0 Å². The molecule has 1 fully saturated rings. The van der Waals surface area contributed by atoms with E-state index in [9.17, 15) is 9.59 Å². The van der Waals surface area contributed by atoms with Gasteiger partial charge in [-0.2, -0.15) is 0 Å². The predicted octanol–water partition coefficient (Wildman–Crippen LogP) is 0.0650. The van der Waals surface area contributed by atoms with Crippen LogP contribution < -0.4 is 16.8 Å². The first-order valence-corrected chi connectivity index (χ1v) is 6.57. The van der Waals surface area contributed by atoms with Gasteiger partial charge in [-0.15, -0.1) is 0 Å². The number of primary amides is 1. The van der Waals surface area contributed by atoms with E-state index in [1.54, 1.807) is 0 Å². The number of amidine groups is 1. The van der Waals surface area contributed by atoms with Gasteiger partial charge >= 0.3 is 0 Å². The zero-order valence-corrected chi connectivity index (χ0v) is 11.0. The highest BCUT2D eigenvalue weighted by Gasteiger charge is 2.43. The number of oxime groups is 1. The van der Waals surface area contributed by atoms with Crippen molar-refractivity contribution in [2.45, 2.75) is 44.9 Å². The zero-order valence-electron chi connectivity index (χ0n) is 11.0. The van der Waals surface area contributed by atoms with Gasteiger partial charge in [0.2, 0.25) is 11.8 Å². The zero-order chi connectivity index (χ0) is 14.3. The maximum atomic E-state index is 12.3. The van der Waals surface area contributed by atoms with Gasteiger partial charge in [-0.1, -0.05) is 24.4 Å². The van der Waals surface area contributed by atoms with Gasteiger partial charge in [0.05, 0.1) is 0 Å². The summed E-state index contributed by atoms with van der Waals surface area (Å²) in [5.41, 5.74) is 9.82. The van der Waals surface area contributed by atoms with Crippen LogP contribution in [0.5, 0.6) is 0 Å². The first kappa shape index (κ1) is 15.3. The van der Waals surface area contributed by atoms with Crippen LogP contribution in [0.25, 0.3) is 0 Å². The molecule has 0 bridgehead atoms. The minimum absolute atomic E-state index is 0.0281. The highest BCUT2D eigenvalue weighted by atomic mass is 16.4.